The van der Waals surface area contributed by atoms with Gasteiger partial charge in [0.2, 0.25) is 0 Å². The smallest absolute Gasteiger partial charge is 0.117 e. The fourth-order valence-corrected chi connectivity index (χ4v) is 1.80. The van der Waals surface area contributed by atoms with Gasteiger partial charge in [-0.25, -0.2) is 0 Å². The topological polar surface area (TPSA) is 43.0 Å². The molecule has 0 atom stereocenters. The molecular weight excluding hydrogens is 202 g/mol. The van der Waals surface area contributed by atoms with E-state index in [0.717, 1.165) is 24.5 Å². The lowest BCUT2D eigenvalue weighted by Gasteiger charge is -2.03. The van der Waals surface area contributed by atoms with Crippen molar-refractivity contribution in [2.75, 3.05) is 0 Å². The Morgan fingerprint density at radius 1 is 1.38 bits per heavy atom. The molecular formula is C12H17N3O. The normalized spacial score (nSPS) is 10.9. The first-order valence-corrected chi connectivity index (χ1v) is 5.40. The number of aromatic nitrogens is 2. The molecule has 0 amide bonds. The number of hydrogen-bond acceptors (Lipinski definition) is 3. The summed E-state index contributed by atoms with van der Waals surface area (Å²) in [4.78, 5) is 0. The molecule has 0 unspecified atom stereocenters. The molecule has 0 fully saturated rings. The molecule has 2 aromatic rings. The number of rotatable bonds is 4. The maximum absolute atomic E-state index is 5.25. The van der Waals surface area contributed by atoms with Crippen molar-refractivity contribution in [3.63, 3.8) is 0 Å². The Bertz CT molecular complexity index is 457. The van der Waals surface area contributed by atoms with Crippen LogP contribution in [0.25, 0.3) is 0 Å². The number of furan rings is 1. The summed E-state index contributed by atoms with van der Waals surface area (Å²) in [5, 5.41) is 7.73. The third-order valence-corrected chi connectivity index (χ3v) is 2.84. The Labute approximate surface area is 95.3 Å². The average Bonchev–Trinajstić information content (AvgIpc) is 2.82. The molecule has 2 heterocycles. The zero-order valence-corrected chi connectivity index (χ0v) is 9.95. The van der Waals surface area contributed by atoms with Crippen LogP contribution in [0.1, 0.15) is 22.7 Å². The van der Waals surface area contributed by atoms with Gasteiger partial charge in [-0.2, -0.15) is 5.10 Å². The first-order chi connectivity index (χ1) is 7.68. The van der Waals surface area contributed by atoms with E-state index < -0.39 is 0 Å². The van der Waals surface area contributed by atoms with Gasteiger partial charge in [-0.15, -0.1) is 0 Å². The van der Waals surface area contributed by atoms with Crippen molar-refractivity contribution >= 4 is 0 Å². The van der Waals surface area contributed by atoms with Gasteiger partial charge < -0.3 is 9.73 Å². The Kier molecular flexibility index (Phi) is 3.10. The maximum Gasteiger partial charge on any atom is 0.117 e. The molecule has 0 saturated carbocycles. The van der Waals surface area contributed by atoms with E-state index in [-0.39, 0.29) is 0 Å². The van der Waals surface area contributed by atoms with Crippen LogP contribution in [-0.4, -0.2) is 9.78 Å². The van der Waals surface area contributed by atoms with Crippen LogP contribution in [0.2, 0.25) is 0 Å². The van der Waals surface area contributed by atoms with Crippen LogP contribution in [0.5, 0.6) is 0 Å². The van der Waals surface area contributed by atoms with Crippen molar-refractivity contribution in [3.8, 4) is 0 Å². The van der Waals surface area contributed by atoms with Gasteiger partial charge in [0.25, 0.3) is 0 Å². The van der Waals surface area contributed by atoms with E-state index in [4.69, 9.17) is 4.42 Å². The molecule has 0 radical (unpaired) electrons. The second kappa shape index (κ2) is 4.53. The van der Waals surface area contributed by atoms with Gasteiger partial charge in [0, 0.05) is 24.8 Å². The fourth-order valence-electron chi connectivity index (χ4n) is 1.80. The highest BCUT2D eigenvalue weighted by molar-refractivity contribution is 5.24. The lowest BCUT2D eigenvalue weighted by molar-refractivity contribution is 0.482. The van der Waals surface area contributed by atoms with Crippen molar-refractivity contribution in [2.24, 2.45) is 7.05 Å². The van der Waals surface area contributed by atoms with Gasteiger partial charge in [0.15, 0.2) is 0 Å². The summed E-state index contributed by atoms with van der Waals surface area (Å²) >= 11 is 0. The first-order valence-electron chi connectivity index (χ1n) is 5.40. The second-order valence-corrected chi connectivity index (χ2v) is 3.96. The Balaban J connectivity index is 1.95. The third-order valence-electron chi connectivity index (χ3n) is 2.84. The fraction of sp³-hybridized carbons (Fsp3) is 0.417. The highest BCUT2D eigenvalue weighted by atomic mass is 16.3. The zero-order chi connectivity index (χ0) is 11.5. The Hall–Kier alpha value is -1.55. The van der Waals surface area contributed by atoms with Crippen molar-refractivity contribution < 1.29 is 4.42 Å². The van der Waals surface area contributed by atoms with Gasteiger partial charge in [-0.3, -0.25) is 4.68 Å². The summed E-state index contributed by atoms with van der Waals surface area (Å²) in [6.07, 6.45) is 1.69. The minimum absolute atomic E-state index is 0.751. The van der Waals surface area contributed by atoms with Crippen LogP contribution in [0.15, 0.2) is 22.8 Å². The van der Waals surface area contributed by atoms with Crippen molar-refractivity contribution in [3.05, 3.63) is 41.1 Å². The van der Waals surface area contributed by atoms with Gasteiger partial charge in [0.05, 0.1) is 18.5 Å². The van der Waals surface area contributed by atoms with Crippen LogP contribution in [0.3, 0.4) is 0 Å². The molecule has 0 aliphatic heterocycles. The van der Waals surface area contributed by atoms with Crippen molar-refractivity contribution in [1.29, 1.82) is 0 Å². The van der Waals surface area contributed by atoms with Crippen molar-refractivity contribution in [1.82, 2.24) is 15.1 Å². The standard InChI is InChI=1S/C12H17N3O/c1-9-12(10(2)15(3)14-9)8-13-7-11-5-4-6-16-11/h4-6,13H,7-8H2,1-3H3. The summed E-state index contributed by atoms with van der Waals surface area (Å²) in [6.45, 7) is 5.70. The summed E-state index contributed by atoms with van der Waals surface area (Å²) in [5.41, 5.74) is 3.57. The maximum atomic E-state index is 5.25. The van der Waals surface area contributed by atoms with E-state index in [2.05, 4.69) is 17.3 Å². The largest absolute Gasteiger partial charge is 0.468 e. The van der Waals surface area contributed by atoms with Gasteiger partial charge in [0.1, 0.15) is 5.76 Å². The van der Waals surface area contributed by atoms with E-state index in [1.165, 1.54) is 11.3 Å². The van der Waals surface area contributed by atoms with Gasteiger partial charge in [-0.05, 0) is 26.0 Å². The molecule has 2 rings (SSSR count). The lowest BCUT2D eigenvalue weighted by Crippen LogP contribution is -2.13. The van der Waals surface area contributed by atoms with Crippen LogP contribution in [0.4, 0.5) is 0 Å². The Morgan fingerprint density at radius 2 is 2.19 bits per heavy atom. The minimum atomic E-state index is 0.751. The van der Waals surface area contributed by atoms with Crippen molar-refractivity contribution in [2.45, 2.75) is 26.9 Å². The summed E-state index contributed by atoms with van der Waals surface area (Å²) < 4.78 is 7.17. The second-order valence-electron chi connectivity index (χ2n) is 3.96. The predicted octanol–water partition coefficient (Wildman–Crippen LogP) is 1.92. The SMILES string of the molecule is Cc1nn(C)c(C)c1CNCc1ccco1. The monoisotopic (exact) mass is 219 g/mol. The average molecular weight is 219 g/mol. The van der Waals surface area contributed by atoms with E-state index in [1.807, 2.05) is 30.8 Å². The number of nitrogens with one attached hydrogen (secondary N) is 1. The van der Waals surface area contributed by atoms with E-state index in [0.29, 0.717) is 0 Å². The first kappa shape index (κ1) is 11.0. The predicted molar refractivity (Wildman–Crippen MR) is 61.9 cm³/mol. The quantitative estimate of drug-likeness (QED) is 0.854. The molecule has 4 heteroatoms. The van der Waals surface area contributed by atoms with E-state index in [1.54, 1.807) is 6.26 Å². The van der Waals surface area contributed by atoms with Crippen LogP contribution in [0, 0.1) is 13.8 Å². The Morgan fingerprint density at radius 3 is 2.75 bits per heavy atom. The molecule has 0 aliphatic carbocycles. The highest BCUT2D eigenvalue weighted by Gasteiger charge is 2.08. The molecule has 2 aromatic heterocycles. The molecule has 0 bridgehead atoms. The number of aryl methyl sites for hydroxylation is 2. The van der Waals surface area contributed by atoms with Crippen LogP contribution >= 0.6 is 0 Å². The molecule has 0 saturated heterocycles. The van der Waals surface area contributed by atoms with Gasteiger partial charge in [-0.1, -0.05) is 0 Å². The lowest BCUT2D eigenvalue weighted by atomic mass is 10.2. The zero-order valence-electron chi connectivity index (χ0n) is 9.95. The molecule has 16 heavy (non-hydrogen) atoms. The summed E-state index contributed by atoms with van der Waals surface area (Å²) in [6, 6.07) is 3.87. The molecule has 0 spiro atoms. The summed E-state index contributed by atoms with van der Waals surface area (Å²) in [7, 11) is 1.97. The minimum Gasteiger partial charge on any atom is -0.468 e. The molecule has 4 nitrogen and oxygen atoms in total. The van der Waals surface area contributed by atoms with Crippen LogP contribution in [-0.2, 0) is 20.1 Å². The summed E-state index contributed by atoms with van der Waals surface area (Å²) in [5.74, 6) is 0.958. The van der Waals surface area contributed by atoms with E-state index >= 15 is 0 Å². The molecule has 1 N–H and O–H groups in total. The number of nitrogens with zero attached hydrogens (tertiary/aromatic N) is 2. The third kappa shape index (κ3) is 2.17. The van der Waals surface area contributed by atoms with Gasteiger partial charge >= 0.3 is 0 Å². The molecule has 0 aliphatic rings. The highest BCUT2D eigenvalue weighted by Crippen LogP contribution is 2.11. The van der Waals surface area contributed by atoms with E-state index in [9.17, 15) is 0 Å². The van der Waals surface area contributed by atoms with Crippen LogP contribution < -0.4 is 5.32 Å². The molecule has 86 valence electrons. The number of hydrogen-bond donors (Lipinski definition) is 1. The molecule has 0 aromatic carbocycles.